The minimum absolute atomic E-state index is 0.0576. The van der Waals surface area contributed by atoms with Gasteiger partial charge < -0.3 is 5.32 Å². The second-order valence-electron chi connectivity index (χ2n) is 4.74. The summed E-state index contributed by atoms with van der Waals surface area (Å²) in [5.41, 5.74) is 1.53. The van der Waals surface area contributed by atoms with E-state index in [2.05, 4.69) is 19.2 Å². The van der Waals surface area contributed by atoms with Crippen LogP contribution in [0.2, 0.25) is 0 Å². The van der Waals surface area contributed by atoms with E-state index >= 15 is 0 Å². The molecule has 1 rings (SSSR count). The summed E-state index contributed by atoms with van der Waals surface area (Å²) >= 11 is 0. The maximum atomic E-state index is 14.1. The molecule has 0 spiro atoms. The molecule has 0 fully saturated rings. The van der Waals surface area contributed by atoms with Crippen molar-refractivity contribution < 1.29 is 4.39 Å². The summed E-state index contributed by atoms with van der Waals surface area (Å²) in [7, 11) is 1.91. The van der Waals surface area contributed by atoms with E-state index in [-0.39, 0.29) is 11.9 Å². The van der Waals surface area contributed by atoms with Crippen LogP contribution < -0.4 is 5.32 Å². The Morgan fingerprint density at radius 3 is 2.41 bits per heavy atom. The third-order valence-corrected chi connectivity index (χ3v) is 3.67. The van der Waals surface area contributed by atoms with Gasteiger partial charge in [0.2, 0.25) is 0 Å². The lowest BCUT2D eigenvalue weighted by Gasteiger charge is -2.22. The Balaban J connectivity index is 2.89. The Hall–Kier alpha value is -0.890. The molecule has 1 aromatic rings. The predicted molar refractivity (Wildman–Crippen MR) is 71.6 cm³/mol. The highest BCUT2D eigenvalue weighted by Crippen LogP contribution is 2.27. The molecular weight excluding hydrogens is 213 g/mol. The first-order valence-corrected chi connectivity index (χ1v) is 6.56. The van der Waals surface area contributed by atoms with E-state index in [1.165, 1.54) is 0 Å². The second kappa shape index (κ2) is 6.75. The van der Waals surface area contributed by atoms with E-state index in [0.717, 1.165) is 30.4 Å². The van der Waals surface area contributed by atoms with Crippen molar-refractivity contribution in [2.24, 2.45) is 5.92 Å². The molecule has 0 saturated carbocycles. The third kappa shape index (κ3) is 3.53. The van der Waals surface area contributed by atoms with E-state index < -0.39 is 0 Å². The van der Waals surface area contributed by atoms with Crippen LogP contribution in [0.1, 0.15) is 50.3 Å². The zero-order valence-electron chi connectivity index (χ0n) is 11.4. The summed E-state index contributed by atoms with van der Waals surface area (Å²) in [4.78, 5) is 0. The molecule has 17 heavy (non-hydrogen) atoms. The lowest BCUT2D eigenvalue weighted by molar-refractivity contribution is 0.377. The van der Waals surface area contributed by atoms with Gasteiger partial charge in [-0.2, -0.15) is 0 Å². The normalized spacial score (nSPS) is 13.1. The maximum Gasteiger partial charge on any atom is 0.130 e. The van der Waals surface area contributed by atoms with Crippen molar-refractivity contribution in [1.82, 2.24) is 5.32 Å². The third-order valence-electron chi connectivity index (χ3n) is 3.67. The van der Waals surface area contributed by atoms with Gasteiger partial charge in [-0.05, 0) is 31.9 Å². The highest BCUT2D eigenvalue weighted by molar-refractivity contribution is 5.27. The Bertz CT molecular complexity index is 345. The van der Waals surface area contributed by atoms with Crippen molar-refractivity contribution in [3.8, 4) is 0 Å². The molecule has 1 aromatic carbocycles. The molecule has 0 radical (unpaired) electrons. The molecule has 1 N–H and O–H groups in total. The summed E-state index contributed by atoms with van der Waals surface area (Å²) in [6.45, 7) is 6.23. The van der Waals surface area contributed by atoms with E-state index in [0.29, 0.717) is 5.92 Å². The number of nitrogens with one attached hydrogen (secondary N) is 1. The van der Waals surface area contributed by atoms with E-state index in [1.807, 2.05) is 32.2 Å². The summed E-state index contributed by atoms with van der Waals surface area (Å²) in [5.74, 6) is 0.602. The van der Waals surface area contributed by atoms with Crippen molar-refractivity contribution in [1.29, 1.82) is 0 Å². The summed E-state index contributed by atoms with van der Waals surface area (Å²) in [5, 5.41) is 3.25. The molecule has 96 valence electrons. The minimum atomic E-state index is -0.0576. The number of hydrogen-bond donors (Lipinski definition) is 1. The van der Waals surface area contributed by atoms with Crippen LogP contribution in [0.15, 0.2) is 18.2 Å². The molecular formula is C15H24FN. The first-order chi connectivity index (χ1) is 8.13. The summed E-state index contributed by atoms with van der Waals surface area (Å²) < 4.78 is 14.1. The Kier molecular flexibility index (Phi) is 5.63. The minimum Gasteiger partial charge on any atom is -0.313 e. The lowest BCUT2D eigenvalue weighted by atomic mass is 9.90. The largest absolute Gasteiger partial charge is 0.313 e. The number of hydrogen-bond acceptors (Lipinski definition) is 1. The molecule has 0 bridgehead atoms. The fraction of sp³-hybridized carbons (Fsp3) is 0.600. The Morgan fingerprint density at radius 1 is 1.24 bits per heavy atom. The summed E-state index contributed by atoms with van der Waals surface area (Å²) in [6, 6.07) is 5.78. The molecule has 0 amide bonds. The van der Waals surface area contributed by atoms with Crippen LogP contribution in [0.25, 0.3) is 0 Å². The van der Waals surface area contributed by atoms with Gasteiger partial charge in [-0.15, -0.1) is 0 Å². The molecule has 1 atom stereocenters. The first-order valence-electron chi connectivity index (χ1n) is 6.56. The topological polar surface area (TPSA) is 12.0 Å². The first kappa shape index (κ1) is 14.2. The number of halogens is 1. The highest BCUT2D eigenvalue weighted by atomic mass is 19.1. The molecule has 0 aliphatic heterocycles. The van der Waals surface area contributed by atoms with Gasteiger partial charge in [0.05, 0.1) is 0 Å². The van der Waals surface area contributed by atoms with Crippen LogP contribution in [-0.4, -0.2) is 7.05 Å². The number of aryl methyl sites for hydroxylation is 1. The highest BCUT2D eigenvalue weighted by Gasteiger charge is 2.18. The molecule has 0 aliphatic carbocycles. The van der Waals surface area contributed by atoms with Gasteiger partial charge in [0.25, 0.3) is 0 Å². The fourth-order valence-corrected chi connectivity index (χ4v) is 2.29. The zero-order valence-corrected chi connectivity index (χ0v) is 11.4. The molecule has 1 nitrogen and oxygen atoms in total. The summed E-state index contributed by atoms with van der Waals surface area (Å²) in [6.07, 6.45) is 3.31. The van der Waals surface area contributed by atoms with Crippen molar-refractivity contribution in [2.45, 2.75) is 46.1 Å². The molecule has 2 heteroatoms. The SMILES string of the molecule is CCC(CC)CC(NC)c1cccc(C)c1F. The van der Waals surface area contributed by atoms with Crippen LogP contribution >= 0.6 is 0 Å². The Morgan fingerprint density at radius 2 is 1.88 bits per heavy atom. The number of benzene rings is 1. The molecule has 0 heterocycles. The van der Waals surface area contributed by atoms with Crippen LogP contribution in [0, 0.1) is 18.7 Å². The average molecular weight is 237 g/mol. The molecule has 1 unspecified atom stereocenters. The Labute approximate surface area is 104 Å². The van der Waals surface area contributed by atoms with Crippen molar-refractivity contribution >= 4 is 0 Å². The monoisotopic (exact) mass is 237 g/mol. The van der Waals surface area contributed by atoms with Crippen LogP contribution in [0.5, 0.6) is 0 Å². The second-order valence-corrected chi connectivity index (χ2v) is 4.74. The van der Waals surface area contributed by atoms with Gasteiger partial charge in [0.15, 0.2) is 0 Å². The van der Waals surface area contributed by atoms with Crippen LogP contribution in [-0.2, 0) is 0 Å². The standard InChI is InChI=1S/C15H24FN/c1-5-12(6-2)10-14(17-4)13-9-7-8-11(3)15(13)16/h7-9,12,14,17H,5-6,10H2,1-4H3. The van der Waals surface area contributed by atoms with Crippen molar-refractivity contribution in [3.63, 3.8) is 0 Å². The van der Waals surface area contributed by atoms with Crippen molar-refractivity contribution in [3.05, 3.63) is 35.1 Å². The molecule has 0 aliphatic rings. The zero-order chi connectivity index (χ0) is 12.8. The number of rotatable bonds is 6. The van der Waals surface area contributed by atoms with Crippen molar-refractivity contribution in [2.75, 3.05) is 7.05 Å². The molecule has 0 aromatic heterocycles. The van der Waals surface area contributed by atoms with Gasteiger partial charge in [-0.1, -0.05) is 44.9 Å². The van der Waals surface area contributed by atoms with Gasteiger partial charge >= 0.3 is 0 Å². The van der Waals surface area contributed by atoms with E-state index in [4.69, 9.17) is 0 Å². The lowest BCUT2D eigenvalue weighted by Crippen LogP contribution is -2.21. The van der Waals surface area contributed by atoms with Gasteiger partial charge in [-0.3, -0.25) is 0 Å². The van der Waals surface area contributed by atoms with Gasteiger partial charge in [0, 0.05) is 11.6 Å². The van der Waals surface area contributed by atoms with Gasteiger partial charge in [0.1, 0.15) is 5.82 Å². The van der Waals surface area contributed by atoms with Crippen LogP contribution in [0.3, 0.4) is 0 Å². The average Bonchev–Trinajstić information content (AvgIpc) is 2.35. The maximum absolute atomic E-state index is 14.1. The molecule has 0 saturated heterocycles. The smallest absolute Gasteiger partial charge is 0.130 e. The van der Waals surface area contributed by atoms with E-state index in [9.17, 15) is 4.39 Å². The predicted octanol–water partition coefficient (Wildman–Crippen LogP) is 4.22. The van der Waals surface area contributed by atoms with Gasteiger partial charge in [-0.25, -0.2) is 4.39 Å². The van der Waals surface area contributed by atoms with E-state index in [1.54, 1.807) is 0 Å². The fourth-order valence-electron chi connectivity index (χ4n) is 2.29. The quantitative estimate of drug-likeness (QED) is 0.781. The van der Waals surface area contributed by atoms with Crippen LogP contribution in [0.4, 0.5) is 4.39 Å².